The second-order valence-electron chi connectivity index (χ2n) is 7.19. The van der Waals surface area contributed by atoms with Gasteiger partial charge in [-0.25, -0.2) is 0 Å². The lowest BCUT2D eigenvalue weighted by atomic mass is 9.92. The fourth-order valence-electron chi connectivity index (χ4n) is 3.23. The highest BCUT2D eigenvalue weighted by molar-refractivity contribution is 6.03. The van der Waals surface area contributed by atoms with Crippen molar-refractivity contribution < 1.29 is 9.59 Å². The molecule has 4 nitrogen and oxygen atoms in total. The van der Waals surface area contributed by atoms with Crippen LogP contribution in [-0.2, 0) is 11.3 Å². The summed E-state index contributed by atoms with van der Waals surface area (Å²) in [5, 5.41) is 2.97. The van der Waals surface area contributed by atoms with Crippen molar-refractivity contribution in [3.63, 3.8) is 0 Å². The summed E-state index contributed by atoms with van der Waals surface area (Å²) in [6, 6.07) is 28.2. The summed E-state index contributed by atoms with van der Waals surface area (Å²) in [4.78, 5) is 28.5. The van der Waals surface area contributed by atoms with Crippen molar-refractivity contribution >= 4 is 17.5 Å². The number of amides is 2. The van der Waals surface area contributed by atoms with E-state index < -0.39 is 5.54 Å². The highest BCUT2D eigenvalue weighted by atomic mass is 16.2. The van der Waals surface area contributed by atoms with E-state index in [4.69, 9.17) is 0 Å². The minimum atomic E-state index is -1.02. The maximum absolute atomic E-state index is 13.5. The Morgan fingerprint density at radius 3 is 1.90 bits per heavy atom. The first-order chi connectivity index (χ1) is 14.0. The van der Waals surface area contributed by atoms with E-state index in [1.165, 1.54) is 0 Å². The summed E-state index contributed by atoms with van der Waals surface area (Å²) >= 11 is 0. The van der Waals surface area contributed by atoms with Crippen molar-refractivity contribution in [3.05, 3.63) is 102 Å². The van der Waals surface area contributed by atoms with Crippen LogP contribution in [0.15, 0.2) is 91.0 Å². The first-order valence-corrected chi connectivity index (χ1v) is 9.82. The second kappa shape index (κ2) is 9.20. The molecule has 0 aromatic heterocycles. The summed E-state index contributed by atoms with van der Waals surface area (Å²) in [7, 11) is 0. The lowest BCUT2D eigenvalue weighted by molar-refractivity contribution is -0.126. The van der Waals surface area contributed by atoms with Crippen molar-refractivity contribution in [2.45, 2.75) is 32.4 Å². The molecule has 3 aromatic rings. The first-order valence-electron chi connectivity index (χ1n) is 9.82. The SMILES string of the molecule is CC[C@@](C)(C(=O)Nc1ccccc1)N(Cc1ccccc1)C(=O)c1ccccc1. The molecule has 1 atom stereocenters. The molecule has 0 bridgehead atoms. The van der Waals surface area contributed by atoms with Crippen molar-refractivity contribution in [1.82, 2.24) is 4.90 Å². The molecular weight excluding hydrogens is 360 g/mol. The van der Waals surface area contributed by atoms with Gasteiger partial charge in [0.1, 0.15) is 5.54 Å². The summed E-state index contributed by atoms with van der Waals surface area (Å²) in [5.41, 5.74) is 1.24. The standard InChI is InChI=1S/C25H26N2O2/c1-3-25(2,24(29)26-22-17-11-6-12-18-22)27(19-20-13-7-4-8-14-20)23(28)21-15-9-5-10-16-21/h4-18H,3,19H2,1-2H3,(H,26,29)/t25-/m0/s1. The molecule has 0 radical (unpaired) electrons. The number of para-hydroxylation sites is 1. The molecule has 0 fully saturated rings. The van der Waals surface area contributed by atoms with Crippen molar-refractivity contribution in [2.24, 2.45) is 0 Å². The molecule has 0 aliphatic carbocycles. The number of carbonyl (C=O) groups is 2. The summed E-state index contributed by atoms with van der Waals surface area (Å²) in [6.07, 6.45) is 0.483. The van der Waals surface area contributed by atoms with Crippen molar-refractivity contribution in [2.75, 3.05) is 5.32 Å². The van der Waals surface area contributed by atoms with Crippen molar-refractivity contribution in [3.8, 4) is 0 Å². The van der Waals surface area contributed by atoms with Gasteiger partial charge < -0.3 is 10.2 Å². The van der Waals surface area contributed by atoms with Gasteiger partial charge in [0.25, 0.3) is 5.91 Å². The first kappa shape index (κ1) is 20.3. The largest absolute Gasteiger partial charge is 0.324 e. The number of benzene rings is 3. The van der Waals surface area contributed by atoms with Gasteiger partial charge in [-0.3, -0.25) is 9.59 Å². The van der Waals surface area contributed by atoms with Gasteiger partial charge in [0, 0.05) is 17.8 Å². The van der Waals surface area contributed by atoms with Crippen molar-refractivity contribution in [1.29, 1.82) is 0 Å². The number of nitrogens with zero attached hydrogens (tertiary/aromatic N) is 1. The Morgan fingerprint density at radius 1 is 0.828 bits per heavy atom. The third kappa shape index (κ3) is 4.72. The van der Waals surface area contributed by atoms with Crippen LogP contribution in [0.5, 0.6) is 0 Å². The fourth-order valence-corrected chi connectivity index (χ4v) is 3.23. The summed E-state index contributed by atoms with van der Waals surface area (Å²) in [6.45, 7) is 4.11. The zero-order valence-electron chi connectivity index (χ0n) is 16.8. The van der Waals surface area contributed by atoms with Gasteiger partial charge in [0.15, 0.2) is 0 Å². The van der Waals surface area contributed by atoms with Crippen LogP contribution in [0.4, 0.5) is 5.69 Å². The zero-order chi connectivity index (χ0) is 20.7. The summed E-state index contributed by atoms with van der Waals surface area (Å²) < 4.78 is 0. The average molecular weight is 386 g/mol. The molecule has 148 valence electrons. The predicted molar refractivity (Wildman–Crippen MR) is 117 cm³/mol. The van der Waals surface area contributed by atoms with Crippen LogP contribution in [0.25, 0.3) is 0 Å². The Morgan fingerprint density at radius 2 is 1.34 bits per heavy atom. The maximum Gasteiger partial charge on any atom is 0.255 e. The molecule has 29 heavy (non-hydrogen) atoms. The molecule has 0 aliphatic rings. The monoisotopic (exact) mass is 386 g/mol. The van der Waals surface area contributed by atoms with Crippen LogP contribution < -0.4 is 5.32 Å². The second-order valence-corrected chi connectivity index (χ2v) is 7.19. The minimum Gasteiger partial charge on any atom is -0.324 e. The number of rotatable bonds is 7. The van der Waals surface area contributed by atoms with E-state index in [1.807, 2.05) is 92.7 Å². The molecule has 0 spiro atoms. The van der Waals surface area contributed by atoms with Crippen LogP contribution in [0.2, 0.25) is 0 Å². The molecule has 0 heterocycles. The fraction of sp³-hybridized carbons (Fsp3) is 0.200. The molecule has 0 saturated carbocycles. The Bertz CT molecular complexity index is 942. The van der Waals surface area contributed by atoms with Gasteiger partial charge in [-0.05, 0) is 43.2 Å². The minimum absolute atomic E-state index is 0.165. The van der Waals surface area contributed by atoms with Gasteiger partial charge in [-0.2, -0.15) is 0 Å². The van der Waals surface area contributed by atoms with E-state index in [2.05, 4.69) is 5.32 Å². The van der Waals surface area contributed by atoms with Gasteiger partial charge in [0.2, 0.25) is 5.91 Å². The smallest absolute Gasteiger partial charge is 0.255 e. The van der Waals surface area contributed by atoms with Crippen LogP contribution in [0.1, 0.15) is 36.2 Å². The predicted octanol–water partition coefficient (Wildman–Crippen LogP) is 5.14. The van der Waals surface area contributed by atoms with Gasteiger partial charge >= 0.3 is 0 Å². The molecule has 1 N–H and O–H groups in total. The Balaban J connectivity index is 1.97. The van der Waals surface area contributed by atoms with Gasteiger partial charge in [0.05, 0.1) is 0 Å². The third-order valence-electron chi connectivity index (χ3n) is 5.25. The number of carbonyl (C=O) groups excluding carboxylic acids is 2. The zero-order valence-corrected chi connectivity index (χ0v) is 16.8. The normalized spacial score (nSPS) is 12.6. The van der Waals surface area contributed by atoms with Crippen LogP contribution in [0.3, 0.4) is 0 Å². The lowest BCUT2D eigenvalue weighted by Gasteiger charge is -2.39. The lowest BCUT2D eigenvalue weighted by Crippen LogP contribution is -2.56. The molecule has 4 heteroatoms. The van der Waals surface area contributed by atoms with Gasteiger partial charge in [-0.1, -0.05) is 73.7 Å². The van der Waals surface area contributed by atoms with E-state index >= 15 is 0 Å². The Kier molecular flexibility index (Phi) is 6.45. The molecule has 0 aliphatic heterocycles. The quantitative estimate of drug-likeness (QED) is 0.611. The van der Waals surface area contributed by atoms with E-state index in [0.29, 0.717) is 24.2 Å². The molecule has 0 unspecified atom stereocenters. The van der Waals surface area contributed by atoms with E-state index in [1.54, 1.807) is 17.0 Å². The molecule has 0 saturated heterocycles. The average Bonchev–Trinajstić information content (AvgIpc) is 2.78. The molecule has 3 aromatic carbocycles. The number of hydrogen-bond acceptors (Lipinski definition) is 2. The highest BCUT2D eigenvalue weighted by Gasteiger charge is 2.41. The van der Waals surface area contributed by atoms with E-state index in [-0.39, 0.29) is 11.8 Å². The van der Waals surface area contributed by atoms with Crippen LogP contribution in [-0.4, -0.2) is 22.3 Å². The number of nitrogens with one attached hydrogen (secondary N) is 1. The number of anilines is 1. The topological polar surface area (TPSA) is 49.4 Å². The van der Waals surface area contributed by atoms with E-state index in [9.17, 15) is 9.59 Å². The Labute approximate surface area is 172 Å². The Hall–Kier alpha value is -3.40. The highest BCUT2D eigenvalue weighted by Crippen LogP contribution is 2.27. The summed E-state index contributed by atoms with van der Waals surface area (Å²) in [5.74, 6) is -0.367. The van der Waals surface area contributed by atoms with E-state index in [0.717, 1.165) is 5.56 Å². The molecule has 3 rings (SSSR count). The van der Waals surface area contributed by atoms with Crippen LogP contribution >= 0.6 is 0 Å². The van der Waals surface area contributed by atoms with Crippen LogP contribution in [0, 0.1) is 0 Å². The number of hydrogen-bond donors (Lipinski definition) is 1. The maximum atomic E-state index is 13.5. The van der Waals surface area contributed by atoms with Gasteiger partial charge in [-0.15, -0.1) is 0 Å². The molecular formula is C25H26N2O2. The molecule has 2 amide bonds. The third-order valence-corrected chi connectivity index (χ3v) is 5.25.